The highest BCUT2D eigenvalue weighted by Crippen LogP contribution is 2.34. The molecule has 0 aromatic heterocycles. The van der Waals surface area contributed by atoms with Gasteiger partial charge < -0.3 is 5.32 Å². The lowest BCUT2D eigenvalue weighted by atomic mass is 9.84. The SMILES string of the molecule is CCC1CCCC(NC2=NC3CCCCC3CS2)C1. The van der Waals surface area contributed by atoms with Crippen LogP contribution in [0.5, 0.6) is 0 Å². The maximum absolute atomic E-state index is 5.02. The van der Waals surface area contributed by atoms with Crippen LogP contribution in [0.4, 0.5) is 0 Å². The Morgan fingerprint density at radius 3 is 2.95 bits per heavy atom. The molecule has 1 N–H and O–H groups in total. The van der Waals surface area contributed by atoms with Gasteiger partial charge in [-0.15, -0.1) is 0 Å². The molecule has 3 aliphatic rings. The lowest BCUT2D eigenvalue weighted by Crippen LogP contribution is -2.41. The first kappa shape index (κ1) is 13.8. The third-order valence-electron chi connectivity index (χ3n) is 5.27. The van der Waals surface area contributed by atoms with Crippen molar-refractivity contribution >= 4 is 16.9 Å². The van der Waals surface area contributed by atoms with Crippen LogP contribution < -0.4 is 5.32 Å². The highest BCUT2D eigenvalue weighted by atomic mass is 32.2. The van der Waals surface area contributed by atoms with Gasteiger partial charge >= 0.3 is 0 Å². The average molecular weight is 280 g/mol. The van der Waals surface area contributed by atoms with Crippen LogP contribution in [0.1, 0.15) is 64.7 Å². The zero-order valence-electron chi connectivity index (χ0n) is 12.2. The van der Waals surface area contributed by atoms with Gasteiger partial charge in [0, 0.05) is 11.8 Å². The molecule has 0 bridgehead atoms. The average Bonchev–Trinajstić information content (AvgIpc) is 2.47. The normalized spacial score (nSPS) is 39.3. The lowest BCUT2D eigenvalue weighted by molar-refractivity contribution is 0.298. The van der Waals surface area contributed by atoms with E-state index < -0.39 is 0 Å². The summed E-state index contributed by atoms with van der Waals surface area (Å²) in [6.45, 7) is 2.34. The molecule has 108 valence electrons. The van der Waals surface area contributed by atoms with Crippen LogP contribution in [-0.4, -0.2) is 23.0 Å². The van der Waals surface area contributed by atoms with Crippen molar-refractivity contribution in [2.45, 2.75) is 76.8 Å². The van der Waals surface area contributed by atoms with Crippen molar-refractivity contribution in [2.24, 2.45) is 16.8 Å². The van der Waals surface area contributed by atoms with Crippen LogP contribution in [0.3, 0.4) is 0 Å². The van der Waals surface area contributed by atoms with E-state index in [9.17, 15) is 0 Å². The van der Waals surface area contributed by atoms with Gasteiger partial charge in [0.15, 0.2) is 5.17 Å². The van der Waals surface area contributed by atoms with Gasteiger partial charge in [0.2, 0.25) is 0 Å². The highest BCUT2D eigenvalue weighted by Gasteiger charge is 2.30. The Labute approximate surface area is 122 Å². The molecular weight excluding hydrogens is 252 g/mol. The van der Waals surface area contributed by atoms with E-state index in [2.05, 4.69) is 12.2 Å². The largest absolute Gasteiger partial charge is 0.362 e. The van der Waals surface area contributed by atoms with E-state index in [1.807, 2.05) is 11.8 Å². The first-order valence-corrected chi connectivity index (χ1v) is 9.31. The Morgan fingerprint density at radius 1 is 1.16 bits per heavy atom. The van der Waals surface area contributed by atoms with Crippen molar-refractivity contribution in [3.05, 3.63) is 0 Å². The van der Waals surface area contributed by atoms with Gasteiger partial charge in [-0.2, -0.15) is 0 Å². The summed E-state index contributed by atoms with van der Waals surface area (Å²) in [6.07, 6.45) is 12.5. The van der Waals surface area contributed by atoms with E-state index in [4.69, 9.17) is 4.99 Å². The molecule has 2 aliphatic carbocycles. The molecule has 0 saturated heterocycles. The van der Waals surface area contributed by atoms with Gasteiger partial charge in [0.25, 0.3) is 0 Å². The van der Waals surface area contributed by atoms with Crippen molar-refractivity contribution in [1.29, 1.82) is 0 Å². The Hall–Kier alpha value is -0.180. The summed E-state index contributed by atoms with van der Waals surface area (Å²) in [6, 6.07) is 1.34. The number of rotatable bonds is 2. The number of nitrogens with zero attached hydrogens (tertiary/aromatic N) is 1. The fourth-order valence-corrected chi connectivity index (χ4v) is 5.19. The molecule has 3 heteroatoms. The quantitative estimate of drug-likeness (QED) is 0.819. The van der Waals surface area contributed by atoms with Crippen molar-refractivity contribution < 1.29 is 0 Å². The molecule has 2 nitrogen and oxygen atoms in total. The molecule has 0 aromatic carbocycles. The first-order chi connectivity index (χ1) is 9.35. The van der Waals surface area contributed by atoms with Crippen LogP contribution in [0.25, 0.3) is 0 Å². The van der Waals surface area contributed by atoms with Crippen LogP contribution in [-0.2, 0) is 0 Å². The first-order valence-electron chi connectivity index (χ1n) is 8.32. The number of nitrogens with one attached hydrogen (secondary N) is 1. The van der Waals surface area contributed by atoms with E-state index >= 15 is 0 Å². The summed E-state index contributed by atoms with van der Waals surface area (Å²) in [4.78, 5) is 5.02. The monoisotopic (exact) mass is 280 g/mol. The van der Waals surface area contributed by atoms with Crippen molar-refractivity contribution in [2.75, 3.05) is 5.75 Å². The molecule has 0 aromatic rings. The van der Waals surface area contributed by atoms with E-state index in [0.717, 1.165) is 11.8 Å². The summed E-state index contributed by atoms with van der Waals surface area (Å²) in [5.74, 6) is 3.13. The number of aliphatic imine (C=N–C) groups is 1. The molecule has 2 fully saturated rings. The Morgan fingerprint density at radius 2 is 2.05 bits per heavy atom. The summed E-state index contributed by atoms with van der Waals surface area (Å²) < 4.78 is 0. The van der Waals surface area contributed by atoms with Gasteiger partial charge in [-0.3, -0.25) is 4.99 Å². The molecule has 0 amide bonds. The fourth-order valence-electron chi connectivity index (χ4n) is 3.97. The van der Waals surface area contributed by atoms with Crippen LogP contribution >= 0.6 is 11.8 Å². The van der Waals surface area contributed by atoms with E-state index in [0.29, 0.717) is 12.1 Å². The van der Waals surface area contributed by atoms with Crippen molar-refractivity contribution in [3.63, 3.8) is 0 Å². The lowest BCUT2D eigenvalue weighted by Gasteiger charge is -2.35. The minimum atomic E-state index is 0.642. The second-order valence-corrected chi connectivity index (χ2v) is 7.65. The molecule has 2 saturated carbocycles. The number of hydrogen-bond acceptors (Lipinski definition) is 3. The summed E-state index contributed by atoms with van der Waals surface area (Å²) in [5.41, 5.74) is 0. The van der Waals surface area contributed by atoms with Crippen LogP contribution in [0, 0.1) is 11.8 Å². The summed E-state index contributed by atoms with van der Waals surface area (Å²) >= 11 is 1.99. The Balaban J connectivity index is 1.56. The predicted octanol–water partition coefficient (Wildman–Crippen LogP) is 4.21. The Kier molecular flexibility index (Phi) is 4.73. The number of thioether (sulfide) groups is 1. The maximum Gasteiger partial charge on any atom is 0.157 e. The summed E-state index contributed by atoms with van der Waals surface area (Å²) in [5, 5.41) is 5.04. The van der Waals surface area contributed by atoms with Crippen LogP contribution in [0.2, 0.25) is 0 Å². The molecule has 3 rings (SSSR count). The molecule has 4 atom stereocenters. The standard InChI is InChI=1S/C16H28N2S/c1-2-12-6-5-8-14(10-12)17-16-18-15-9-4-3-7-13(15)11-19-16/h12-15H,2-11H2,1H3,(H,17,18). The van der Waals surface area contributed by atoms with Crippen molar-refractivity contribution in [1.82, 2.24) is 5.32 Å². The topological polar surface area (TPSA) is 24.4 Å². The van der Waals surface area contributed by atoms with Gasteiger partial charge in [-0.05, 0) is 37.5 Å². The van der Waals surface area contributed by atoms with Gasteiger partial charge in [0.05, 0.1) is 6.04 Å². The molecule has 0 radical (unpaired) electrons. The molecule has 1 aliphatic heterocycles. The van der Waals surface area contributed by atoms with E-state index in [-0.39, 0.29) is 0 Å². The van der Waals surface area contributed by atoms with Crippen LogP contribution in [0.15, 0.2) is 4.99 Å². The molecule has 1 heterocycles. The van der Waals surface area contributed by atoms with Gasteiger partial charge in [-0.1, -0.05) is 50.8 Å². The van der Waals surface area contributed by atoms with Gasteiger partial charge in [-0.25, -0.2) is 0 Å². The highest BCUT2D eigenvalue weighted by molar-refractivity contribution is 8.13. The van der Waals surface area contributed by atoms with Gasteiger partial charge in [0.1, 0.15) is 0 Å². The fraction of sp³-hybridized carbons (Fsp3) is 0.938. The van der Waals surface area contributed by atoms with E-state index in [1.165, 1.54) is 68.7 Å². The minimum Gasteiger partial charge on any atom is -0.362 e. The van der Waals surface area contributed by atoms with Crippen molar-refractivity contribution in [3.8, 4) is 0 Å². The number of hydrogen-bond donors (Lipinski definition) is 1. The second kappa shape index (κ2) is 6.51. The molecule has 19 heavy (non-hydrogen) atoms. The smallest absolute Gasteiger partial charge is 0.157 e. The number of amidine groups is 1. The Bertz CT molecular complexity index is 329. The maximum atomic E-state index is 5.02. The summed E-state index contributed by atoms with van der Waals surface area (Å²) in [7, 11) is 0. The van der Waals surface area contributed by atoms with E-state index in [1.54, 1.807) is 0 Å². The third kappa shape index (κ3) is 3.48. The number of fused-ring (bicyclic) bond motifs is 1. The second-order valence-electron chi connectivity index (χ2n) is 6.64. The zero-order valence-corrected chi connectivity index (χ0v) is 13.1. The predicted molar refractivity (Wildman–Crippen MR) is 84.8 cm³/mol. The molecule has 4 unspecified atom stereocenters. The molecule has 0 spiro atoms. The zero-order chi connectivity index (χ0) is 13.1. The minimum absolute atomic E-state index is 0.642. The third-order valence-corrected chi connectivity index (χ3v) is 6.37. The molecular formula is C16H28N2S.